The van der Waals surface area contributed by atoms with Gasteiger partial charge in [-0.05, 0) is 47.9 Å². The van der Waals surface area contributed by atoms with Crippen LogP contribution in [0, 0.1) is 0 Å². The van der Waals surface area contributed by atoms with Gasteiger partial charge in [0.05, 0.1) is 23.6 Å². The summed E-state index contributed by atoms with van der Waals surface area (Å²) in [5, 5.41) is 17.5. The maximum atomic E-state index is 11.6. The van der Waals surface area contributed by atoms with Gasteiger partial charge in [-0.25, -0.2) is 23.3 Å². The molecule has 1 saturated heterocycles. The molecule has 0 bridgehead atoms. The van der Waals surface area contributed by atoms with Crippen LogP contribution in [0.1, 0.15) is 34.5 Å². The van der Waals surface area contributed by atoms with Gasteiger partial charge in [0, 0.05) is 29.8 Å². The van der Waals surface area contributed by atoms with Crippen molar-refractivity contribution in [3.05, 3.63) is 70.9 Å². The second-order valence-electron chi connectivity index (χ2n) is 8.32. The maximum absolute atomic E-state index is 11.6. The van der Waals surface area contributed by atoms with Gasteiger partial charge in [0.1, 0.15) is 11.9 Å². The van der Waals surface area contributed by atoms with E-state index in [0.29, 0.717) is 24.8 Å². The molecule has 0 radical (unpaired) electrons. The van der Waals surface area contributed by atoms with Crippen molar-refractivity contribution in [1.29, 1.82) is 0 Å². The molecule has 0 aliphatic carbocycles. The fraction of sp³-hybridized carbons (Fsp3) is 0.250. The highest BCUT2D eigenvalue weighted by atomic mass is 32.2. The number of fused-ring (bicyclic) bond motifs is 1. The van der Waals surface area contributed by atoms with E-state index in [9.17, 15) is 18.3 Å². The lowest BCUT2D eigenvalue weighted by Crippen LogP contribution is -2.25. The van der Waals surface area contributed by atoms with E-state index in [1.807, 2.05) is 29.0 Å². The smallest absolute Gasteiger partial charge is 0.355 e. The number of benzene rings is 2. The quantitative estimate of drug-likeness (QED) is 0.386. The van der Waals surface area contributed by atoms with E-state index in [1.165, 1.54) is 28.8 Å². The van der Waals surface area contributed by atoms with Gasteiger partial charge < -0.3 is 14.6 Å². The van der Waals surface area contributed by atoms with E-state index in [2.05, 4.69) is 4.98 Å². The second kappa shape index (κ2) is 9.42. The molecule has 1 aliphatic rings. The minimum Gasteiger partial charge on any atom is -0.490 e. The van der Waals surface area contributed by atoms with Gasteiger partial charge in [-0.3, -0.25) is 4.57 Å². The van der Waals surface area contributed by atoms with Crippen molar-refractivity contribution in [3.63, 3.8) is 0 Å². The normalized spacial score (nSPS) is 14.9. The standard InChI is InChI=1S/C24H23N3O6S2/c25-35(30,31)19-4-1-15(2-5-19)11-16-13-27(24-26-21(14-34-24)23(28)29)22-6-3-18(12-20(16)22)33-17-7-9-32-10-8-17/h1-6,12-14,17H,7-11H2,(H,28,29)(H2,25,30,31). The summed E-state index contributed by atoms with van der Waals surface area (Å²) in [6.45, 7) is 1.36. The number of carboxylic acids is 1. The molecule has 4 aromatic rings. The van der Waals surface area contributed by atoms with Crippen LogP contribution in [0.25, 0.3) is 16.0 Å². The molecule has 3 N–H and O–H groups in total. The summed E-state index contributed by atoms with van der Waals surface area (Å²) in [5.41, 5.74) is 2.73. The second-order valence-corrected chi connectivity index (χ2v) is 10.7. The van der Waals surface area contributed by atoms with Crippen LogP contribution in [-0.2, 0) is 21.2 Å². The first-order valence-corrected chi connectivity index (χ1v) is 13.4. The summed E-state index contributed by atoms with van der Waals surface area (Å²) in [5.74, 6) is -0.329. The summed E-state index contributed by atoms with van der Waals surface area (Å²) >= 11 is 1.25. The Labute approximate surface area is 205 Å². The van der Waals surface area contributed by atoms with E-state index in [0.717, 1.165) is 40.6 Å². The van der Waals surface area contributed by atoms with Crippen molar-refractivity contribution in [2.45, 2.75) is 30.3 Å². The Morgan fingerprint density at radius 2 is 1.94 bits per heavy atom. The molecule has 0 amide bonds. The molecule has 0 spiro atoms. The molecule has 5 rings (SSSR count). The molecular formula is C24H23N3O6S2. The molecule has 0 atom stereocenters. The van der Waals surface area contributed by atoms with Gasteiger partial charge in [0.15, 0.2) is 10.8 Å². The van der Waals surface area contributed by atoms with E-state index < -0.39 is 16.0 Å². The van der Waals surface area contributed by atoms with Gasteiger partial charge in [-0.2, -0.15) is 0 Å². The molecule has 9 nitrogen and oxygen atoms in total. The Morgan fingerprint density at radius 1 is 1.20 bits per heavy atom. The number of aromatic carboxylic acids is 1. The number of hydrogen-bond donors (Lipinski definition) is 2. The number of nitrogens with two attached hydrogens (primary N) is 1. The summed E-state index contributed by atoms with van der Waals surface area (Å²) in [6, 6.07) is 12.3. The summed E-state index contributed by atoms with van der Waals surface area (Å²) in [7, 11) is -3.77. The van der Waals surface area contributed by atoms with E-state index in [1.54, 1.807) is 12.1 Å². The number of rotatable bonds is 7. The zero-order valence-electron chi connectivity index (χ0n) is 18.6. The van der Waals surface area contributed by atoms with Gasteiger partial charge >= 0.3 is 5.97 Å². The fourth-order valence-corrected chi connectivity index (χ4v) is 5.43. The van der Waals surface area contributed by atoms with Crippen molar-refractivity contribution >= 4 is 38.2 Å². The molecule has 1 aliphatic heterocycles. The number of primary sulfonamides is 1. The Hall–Kier alpha value is -3.25. The molecule has 1 fully saturated rings. The van der Waals surface area contributed by atoms with E-state index in [4.69, 9.17) is 14.6 Å². The minimum atomic E-state index is -3.77. The number of hydrogen-bond acceptors (Lipinski definition) is 7. The lowest BCUT2D eigenvalue weighted by molar-refractivity contribution is 0.0256. The molecule has 3 heterocycles. The average molecular weight is 514 g/mol. The third-order valence-corrected chi connectivity index (χ3v) is 7.66. The van der Waals surface area contributed by atoms with Crippen molar-refractivity contribution in [3.8, 4) is 10.9 Å². The Bertz CT molecular complexity index is 1490. The zero-order chi connectivity index (χ0) is 24.6. The largest absolute Gasteiger partial charge is 0.490 e. The van der Waals surface area contributed by atoms with Crippen LogP contribution < -0.4 is 9.88 Å². The van der Waals surface area contributed by atoms with Crippen LogP contribution in [0.4, 0.5) is 0 Å². The molecule has 2 aromatic carbocycles. The topological polar surface area (TPSA) is 134 Å². The number of sulfonamides is 1. The van der Waals surface area contributed by atoms with Crippen LogP contribution in [0.2, 0.25) is 0 Å². The first-order valence-electron chi connectivity index (χ1n) is 11.0. The Kier molecular flexibility index (Phi) is 6.32. The van der Waals surface area contributed by atoms with Crippen molar-refractivity contribution in [2.75, 3.05) is 13.2 Å². The maximum Gasteiger partial charge on any atom is 0.355 e. The lowest BCUT2D eigenvalue weighted by Gasteiger charge is -2.23. The molecule has 2 aromatic heterocycles. The predicted molar refractivity (Wildman–Crippen MR) is 131 cm³/mol. The Morgan fingerprint density at radius 3 is 2.60 bits per heavy atom. The van der Waals surface area contributed by atoms with Crippen LogP contribution in [-0.4, -0.2) is 48.4 Å². The van der Waals surface area contributed by atoms with Crippen LogP contribution >= 0.6 is 11.3 Å². The number of thiazole rings is 1. The first-order chi connectivity index (χ1) is 16.8. The summed E-state index contributed by atoms with van der Waals surface area (Å²) < 4.78 is 36.7. The van der Waals surface area contributed by atoms with E-state index >= 15 is 0 Å². The monoisotopic (exact) mass is 513 g/mol. The van der Waals surface area contributed by atoms with Crippen LogP contribution in [0.5, 0.6) is 5.75 Å². The number of nitrogens with zero attached hydrogens (tertiary/aromatic N) is 2. The third kappa shape index (κ3) is 5.08. The number of aromatic nitrogens is 2. The Balaban J connectivity index is 1.54. The molecule has 0 unspecified atom stereocenters. The average Bonchev–Trinajstić information content (AvgIpc) is 3.45. The summed E-state index contributed by atoms with van der Waals surface area (Å²) in [4.78, 5) is 15.7. The molecule has 182 valence electrons. The molecule has 11 heteroatoms. The van der Waals surface area contributed by atoms with Gasteiger partial charge in [-0.1, -0.05) is 12.1 Å². The van der Waals surface area contributed by atoms with Gasteiger partial charge in [0.25, 0.3) is 0 Å². The summed E-state index contributed by atoms with van der Waals surface area (Å²) in [6.07, 6.45) is 4.21. The minimum absolute atomic E-state index is 0.00791. The first kappa shape index (κ1) is 23.5. The molecule has 35 heavy (non-hydrogen) atoms. The third-order valence-electron chi connectivity index (χ3n) is 5.89. The van der Waals surface area contributed by atoms with Gasteiger partial charge in [-0.15, -0.1) is 11.3 Å². The van der Waals surface area contributed by atoms with Crippen LogP contribution in [0.15, 0.2) is 58.9 Å². The fourth-order valence-electron chi connectivity index (χ4n) is 4.13. The number of carbonyl (C=O) groups is 1. The van der Waals surface area contributed by atoms with Crippen molar-refractivity contribution in [1.82, 2.24) is 9.55 Å². The number of carboxylic acid groups (broad SMARTS) is 1. The zero-order valence-corrected chi connectivity index (χ0v) is 20.2. The molecule has 0 saturated carbocycles. The highest BCUT2D eigenvalue weighted by Gasteiger charge is 2.19. The highest BCUT2D eigenvalue weighted by Crippen LogP contribution is 2.32. The lowest BCUT2D eigenvalue weighted by atomic mass is 10.0. The van der Waals surface area contributed by atoms with Crippen molar-refractivity contribution < 1.29 is 27.8 Å². The predicted octanol–water partition coefficient (Wildman–Crippen LogP) is 3.58. The van der Waals surface area contributed by atoms with Crippen LogP contribution in [0.3, 0.4) is 0 Å². The molecular weight excluding hydrogens is 490 g/mol. The van der Waals surface area contributed by atoms with E-state index in [-0.39, 0.29) is 16.7 Å². The highest BCUT2D eigenvalue weighted by molar-refractivity contribution is 7.89. The SMILES string of the molecule is NS(=O)(=O)c1ccc(Cc2cn(-c3nc(C(=O)O)cs3)c3ccc(OC4CCOCC4)cc23)cc1. The van der Waals surface area contributed by atoms with Gasteiger partial charge in [0.2, 0.25) is 10.0 Å². The van der Waals surface area contributed by atoms with Crippen molar-refractivity contribution in [2.24, 2.45) is 5.14 Å². The number of ether oxygens (including phenoxy) is 2.